The van der Waals surface area contributed by atoms with Crippen LogP contribution in [0.5, 0.6) is 0 Å². The Morgan fingerprint density at radius 1 is 1.30 bits per heavy atom. The molecule has 0 spiro atoms. The van der Waals surface area contributed by atoms with Crippen LogP contribution in [-0.4, -0.2) is 17.7 Å². The maximum Gasteiger partial charge on any atom is 0.336 e. The summed E-state index contributed by atoms with van der Waals surface area (Å²) < 4.78 is 10.7. The lowest BCUT2D eigenvalue weighted by molar-refractivity contribution is -0.236. The molecule has 0 saturated heterocycles. The summed E-state index contributed by atoms with van der Waals surface area (Å²) in [6, 6.07) is 0. The number of carbonyl (C=O) groups excluding carboxylic acids is 2. The normalized spacial score (nSPS) is 14.8. The minimum absolute atomic E-state index is 0.0605. The second-order valence-corrected chi connectivity index (χ2v) is 5.06. The number of hydrogen-bond acceptors (Lipinski definition) is 4. The van der Waals surface area contributed by atoms with Gasteiger partial charge in [-0.2, -0.15) is 0 Å². The first-order valence-electron chi connectivity index (χ1n) is 7.04. The highest BCUT2D eigenvalue weighted by Crippen LogP contribution is 2.31. The maximum atomic E-state index is 11.8. The molecule has 114 valence electrons. The van der Waals surface area contributed by atoms with Crippen molar-refractivity contribution >= 4 is 11.9 Å². The molecule has 0 rings (SSSR count). The fourth-order valence-electron chi connectivity index (χ4n) is 1.99. The van der Waals surface area contributed by atoms with E-state index in [1.54, 1.807) is 13.8 Å². The van der Waals surface area contributed by atoms with Crippen LogP contribution < -0.4 is 0 Å². The molecule has 4 heteroatoms. The Balaban J connectivity index is 5.18. The number of hydrogen-bond donors (Lipinski definition) is 0. The fraction of sp³-hybridized carbons (Fsp3) is 0.625. The third-order valence-electron chi connectivity index (χ3n) is 3.25. The summed E-state index contributed by atoms with van der Waals surface area (Å²) in [6.07, 6.45) is 4.63. The van der Waals surface area contributed by atoms with Crippen LogP contribution >= 0.6 is 0 Å². The largest absolute Gasteiger partial charge is 0.419 e. The van der Waals surface area contributed by atoms with Crippen LogP contribution in [0.25, 0.3) is 0 Å². The molecule has 0 aromatic heterocycles. The SMILES string of the molecule is C=CC(=O)OC(C)(OC(=O)C(=C)C)C(CC)CCCC. The average Bonchev–Trinajstić information content (AvgIpc) is 2.38. The molecule has 0 bridgehead atoms. The van der Waals surface area contributed by atoms with Gasteiger partial charge >= 0.3 is 11.9 Å². The highest BCUT2D eigenvalue weighted by atomic mass is 16.7. The first kappa shape index (κ1) is 18.4. The van der Waals surface area contributed by atoms with Crippen LogP contribution in [0.1, 0.15) is 53.4 Å². The second-order valence-electron chi connectivity index (χ2n) is 5.06. The first-order valence-corrected chi connectivity index (χ1v) is 7.04. The maximum absolute atomic E-state index is 11.8. The van der Waals surface area contributed by atoms with Crippen molar-refractivity contribution in [1.29, 1.82) is 0 Å². The predicted octanol–water partition coefficient (Wildman–Crippen LogP) is 3.77. The van der Waals surface area contributed by atoms with Gasteiger partial charge < -0.3 is 9.47 Å². The van der Waals surface area contributed by atoms with Gasteiger partial charge in [-0.15, -0.1) is 0 Å². The summed E-state index contributed by atoms with van der Waals surface area (Å²) in [5, 5.41) is 0. The molecule has 0 N–H and O–H groups in total. The van der Waals surface area contributed by atoms with E-state index in [9.17, 15) is 9.59 Å². The summed E-state index contributed by atoms with van der Waals surface area (Å²) in [6.45, 7) is 14.2. The number of carbonyl (C=O) groups is 2. The molecule has 2 atom stereocenters. The molecule has 0 amide bonds. The van der Waals surface area contributed by atoms with Crippen LogP contribution in [0.2, 0.25) is 0 Å². The van der Waals surface area contributed by atoms with Crippen LogP contribution in [0, 0.1) is 5.92 Å². The fourth-order valence-corrected chi connectivity index (χ4v) is 1.99. The van der Waals surface area contributed by atoms with E-state index >= 15 is 0 Å². The van der Waals surface area contributed by atoms with Crippen molar-refractivity contribution in [2.45, 2.75) is 59.2 Å². The molecule has 0 aromatic carbocycles. The van der Waals surface area contributed by atoms with E-state index in [0.29, 0.717) is 0 Å². The van der Waals surface area contributed by atoms with E-state index in [0.717, 1.165) is 31.8 Å². The molecule has 20 heavy (non-hydrogen) atoms. The monoisotopic (exact) mass is 282 g/mol. The smallest absolute Gasteiger partial charge is 0.336 e. The van der Waals surface area contributed by atoms with Crippen molar-refractivity contribution in [1.82, 2.24) is 0 Å². The molecule has 2 unspecified atom stereocenters. The Morgan fingerprint density at radius 2 is 1.90 bits per heavy atom. The molecule has 0 heterocycles. The van der Waals surface area contributed by atoms with Crippen molar-refractivity contribution in [3.05, 3.63) is 24.8 Å². The summed E-state index contributed by atoms with van der Waals surface area (Å²) >= 11 is 0. The molecule has 0 fully saturated rings. The van der Waals surface area contributed by atoms with Gasteiger partial charge in [-0.1, -0.05) is 39.8 Å². The second kappa shape index (κ2) is 8.56. The van der Waals surface area contributed by atoms with Crippen molar-refractivity contribution in [3.63, 3.8) is 0 Å². The Morgan fingerprint density at radius 3 is 2.30 bits per heavy atom. The van der Waals surface area contributed by atoms with E-state index in [1.165, 1.54) is 0 Å². The van der Waals surface area contributed by atoms with Crippen molar-refractivity contribution in [3.8, 4) is 0 Å². The summed E-state index contributed by atoms with van der Waals surface area (Å²) in [5.41, 5.74) is 0.274. The molecule has 0 radical (unpaired) electrons. The zero-order chi connectivity index (χ0) is 15.8. The van der Waals surface area contributed by atoms with Crippen LogP contribution in [0.4, 0.5) is 0 Å². The standard InChI is InChI=1S/C16H26O4/c1-7-10-11-13(8-2)16(6,19-14(17)9-3)20-15(18)12(4)5/h9,13H,3-4,7-8,10-11H2,1-2,5-6H3. The number of rotatable bonds is 9. The molecular weight excluding hydrogens is 256 g/mol. The molecule has 0 aliphatic carbocycles. The summed E-state index contributed by atoms with van der Waals surface area (Å²) in [4.78, 5) is 23.3. The summed E-state index contributed by atoms with van der Waals surface area (Å²) in [5.74, 6) is -2.50. The molecule has 0 saturated carbocycles. The Kier molecular flexibility index (Phi) is 7.89. The minimum atomic E-state index is -1.29. The zero-order valence-corrected chi connectivity index (χ0v) is 13.0. The third kappa shape index (κ3) is 5.59. The molecule has 0 aliphatic rings. The molecular formula is C16H26O4. The van der Waals surface area contributed by atoms with Gasteiger partial charge in [0.2, 0.25) is 0 Å². The van der Waals surface area contributed by atoms with E-state index in [2.05, 4.69) is 20.1 Å². The molecule has 0 aromatic rings. The molecule has 4 nitrogen and oxygen atoms in total. The third-order valence-corrected chi connectivity index (χ3v) is 3.25. The van der Waals surface area contributed by atoms with E-state index < -0.39 is 17.7 Å². The van der Waals surface area contributed by atoms with Crippen molar-refractivity contribution in [2.24, 2.45) is 5.92 Å². The lowest BCUT2D eigenvalue weighted by Crippen LogP contribution is -2.44. The number of unbranched alkanes of at least 4 members (excludes halogenated alkanes) is 1. The lowest BCUT2D eigenvalue weighted by Gasteiger charge is -2.35. The van der Waals surface area contributed by atoms with Gasteiger partial charge in [0.1, 0.15) is 0 Å². The zero-order valence-electron chi connectivity index (χ0n) is 13.0. The number of ether oxygens (including phenoxy) is 2. The van der Waals surface area contributed by atoms with E-state index in [-0.39, 0.29) is 11.5 Å². The van der Waals surface area contributed by atoms with Crippen molar-refractivity contribution < 1.29 is 19.1 Å². The first-order chi connectivity index (χ1) is 9.30. The van der Waals surface area contributed by atoms with Gasteiger partial charge in [-0.25, -0.2) is 9.59 Å². The quantitative estimate of drug-likeness (QED) is 0.367. The summed E-state index contributed by atoms with van der Waals surface area (Å²) in [7, 11) is 0. The van der Waals surface area contributed by atoms with Gasteiger partial charge in [0.05, 0.1) is 0 Å². The van der Waals surface area contributed by atoms with E-state index in [4.69, 9.17) is 9.47 Å². The highest BCUT2D eigenvalue weighted by Gasteiger charge is 2.40. The minimum Gasteiger partial charge on any atom is -0.419 e. The van der Waals surface area contributed by atoms with Gasteiger partial charge in [0, 0.05) is 24.5 Å². The van der Waals surface area contributed by atoms with Crippen LogP contribution in [0.3, 0.4) is 0 Å². The average molecular weight is 282 g/mol. The number of esters is 2. The van der Waals surface area contributed by atoms with Gasteiger partial charge in [0.25, 0.3) is 5.79 Å². The topological polar surface area (TPSA) is 52.6 Å². The Labute approximate surface area is 121 Å². The van der Waals surface area contributed by atoms with Crippen LogP contribution in [0.15, 0.2) is 24.8 Å². The van der Waals surface area contributed by atoms with Crippen molar-refractivity contribution in [2.75, 3.05) is 0 Å². The predicted molar refractivity (Wildman–Crippen MR) is 78.9 cm³/mol. The van der Waals surface area contributed by atoms with Gasteiger partial charge in [-0.05, 0) is 19.8 Å². The van der Waals surface area contributed by atoms with Gasteiger partial charge in [-0.3, -0.25) is 0 Å². The Bertz CT molecular complexity index is 373. The van der Waals surface area contributed by atoms with E-state index in [1.807, 2.05) is 6.92 Å². The van der Waals surface area contributed by atoms with Crippen LogP contribution in [-0.2, 0) is 19.1 Å². The Hall–Kier alpha value is -1.58. The highest BCUT2D eigenvalue weighted by molar-refractivity contribution is 5.87. The lowest BCUT2D eigenvalue weighted by atomic mass is 9.91. The molecule has 0 aliphatic heterocycles. The van der Waals surface area contributed by atoms with Gasteiger partial charge in [0.15, 0.2) is 0 Å².